The Kier molecular flexibility index (Phi) is 6.90. The van der Waals surface area contributed by atoms with Crippen LogP contribution in [0.3, 0.4) is 0 Å². The number of pyridine rings is 1. The number of hydrogen-bond acceptors (Lipinski definition) is 6. The van der Waals surface area contributed by atoms with Crippen molar-refractivity contribution < 1.29 is 23.3 Å². The van der Waals surface area contributed by atoms with Gasteiger partial charge >= 0.3 is 6.09 Å². The molecule has 2 aliphatic rings. The molecule has 12 heteroatoms. The van der Waals surface area contributed by atoms with Crippen LogP contribution < -0.4 is 15.1 Å². The largest absolute Gasteiger partial charge is 0.616 e. The Morgan fingerprint density at radius 3 is 2.82 bits per heavy atom. The van der Waals surface area contributed by atoms with E-state index in [4.69, 9.17) is 27.9 Å². The molecule has 2 aromatic rings. The number of cyclic esters (lactones) is 1. The Labute approximate surface area is 203 Å². The summed E-state index contributed by atoms with van der Waals surface area (Å²) in [7, 11) is 0. The van der Waals surface area contributed by atoms with E-state index >= 15 is 0 Å². The van der Waals surface area contributed by atoms with Crippen molar-refractivity contribution in [1.29, 1.82) is 0 Å². The van der Waals surface area contributed by atoms with E-state index in [1.165, 1.54) is 24.1 Å². The SMILES string of the molecule is CC(=O)NCC1CN(c2ccc(-c3ccc(N4CC[S+]([O-])CC4(Cl)Cl)nc3)c(F)c2)C(=O)O1. The molecule has 2 unspecified atom stereocenters. The molecule has 0 radical (unpaired) electrons. The summed E-state index contributed by atoms with van der Waals surface area (Å²) in [5, 5.41) is 2.60. The molecule has 1 N–H and O–H groups in total. The summed E-state index contributed by atoms with van der Waals surface area (Å²) in [4.78, 5) is 30.6. The molecule has 176 valence electrons. The van der Waals surface area contributed by atoms with Crippen molar-refractivity contribution in [3.05, 3.63) is 42.3 Å². The van der Waals surface area contributed by atoms with Crippen LogP contribution in [0.1, 0.15) is 6.92 Å². The minimum Gasteiger partial charge on any atom is -0.616 e. The zero-order valence-corrected chi connectivity index (χ0v) is 19.9. The molecule has 0 bridgehead atoms. The van der Waals surface area contributed by atoms with Crippen LogP contribution in [0.25, 0.3) is 11.1 Å². The minimum atomic E-state index is -1.33. The number of hydrogen-bond donors (Lipinski definition) is 1. The number of benzene rings is 1. The van der Waals surface area contributed by atoms with Gasteiger partial charge in [-0.3, -0.25) is 9.69 Å². The van der Waals surface area contributed by atoms with Crippen LogP contribution in [0.4, 0.5) is 20.7 Å². The lowest BCUT2D eigenvalue weighted by Crippen LogP contribution is -2.52. The van der Waals surface area contributed by atoms with E-state index in [2.05, 4.69) is 10.3 Å². The highest BCUT2D eigenvalue weighted by Gasteiger charge is 2.42. The second-order valence-electron chi connectivity index (χ2n) is 7.73. The van der Waals surface area contributed by atoms with E-state index in [-0.39, 0.29) is 24.7 Å². The molecule has 0 aliphatic carbocycles. The highest BCUT2D eigenvalue weighted by Crippen LogP contribution is 2.36. The third-order valence-electron chi connectivity index (χ3n) is 5.32. The molecular formula is C21H21Cl2FN4O4S. The molecule has 4 rings (SSSR count). The van der Waals surface area contributed by atoms with Crippen LogP contribution in [0.5, 0.6) is 0 Å². The average Bonchev–Trinajstić information content (AvgIpc) is 3.12. The van der Waals surface area contributed by atoms with Gasteiger partial charge in [-0.2, -0.15) is 0 Å². The van der Waals surface area contributed by atoms with E-state index in [0.717, 1.165) is 0 Å². The van der Waals surface area contributed by atoms with Crippen molar-refractivity contribution in [3.63, 3.8) is 0 Å². The van der Waals surface area contributed by atoms with Crippen LogP contribution in [-0.2, 0) is 20.7 Å². The Bertz CT molecular complexity index is 1060. The van der Waals surface area contributed by atoms with Gasteiger partial charge in [0.1, 0.15) is 23.5 Å². The number of aromatic nitrogens is 1. The lowest BCUT2D eigenvalue weighted by Gasteiger charge is -2.38. The van der Waals surface area contributed by atoms with Gasteiger partial charge in [-0.25, -0.2) is 14.2 Å². The van der Waals surface area contributed by atoms with Gasteiger partial charge in [-0.1, -0.05) is 23.2 Å². The predicted molar refractivity (Wildman–Crippen MR) is 126 cm³/mol. The summed E-state index contributed by atoms with van der Waals surface area (Å²) in [5.41, 5.74) is 1.19. The predicted octanol–water partition coefficient (Wildman–Crippen LogP) is 3.05. The number of alkyl halides is 2. The minimum absolute atomic E-state index is 0.111. The summed E-state index contributed by atoms with van der Waals surface area (Å²) in [6.45, 7) is 2.16. The summed E-state index contributed by atoms with van der Waals surface area (Å²) in [5.74, 6) is 0.295. The molecule has 2 fully saturated rings. The Hall–Kier alpha value is -2.27. The Morgan fingerprint density at radius 1 is 1.39 bits per heavy atom. The van der Waals surface area contributed by atoms with Gasteiger partial charge in [0.25, 0.3) is 0 Å². The fraction of sp³-hybridized carbons (Fsp3) is 0.381. The molecule has 1 aromatic heterocycles. The van der Waals surface area contributed by atoms with E-state index in [1.807, 2.05) is 0 Å². The van der Waals surface area contributed by atoms with Crippen molar-refractivity contribution in [3.8, 4) is 11.1 Å². The van der Waals surface area contributed by atoms with Crippen molar-refractivity contribution in [2.75, 3.05) is 40.9 Å². The van der Waals surface area contributed by atoms with Gasteiger partial charge in [-0.05, 0) is 41.5 Å². The third-order valence-corrected chi connectivity index (χ3v) is 7.69. The molecule has 0 saturated carbocycles. The number of anilines is 2. The van der Waals surface area contributed by atoms with Crippen molar-refractivity contribution in [2.24, 2.45) is 0 Å². The van der Waals surface area contributed by atoms with Crippen LogP contribution in [-0.4, -0.2) is 63.2 Å². The number of rotatable bonds is 5. The standard InChI is InChI=1S/C21H21Cl2FN4O4S/c1-13(29)25-10-16-11-27(20(30)32-16)15-3-4-17(18(24)8-15)14-2-5-19(26-9-14)28-6-7-33(31)12-21(28,22)23/h2-5,8-9,16H,6-7,10-12H2,1H3,(H,25,29). The molecule has 8 nitrogen and oxygen atoms in total. The Balaban J connectivity index is 1.48. The van der Waals surface area contributed by atoms with Gasteiger partial charge in [0.15, 0.2) is 5.75 Å². The molecule has 2 amide bonds. The highest BCUT2D eigenvalue weighted by molar-refractivity contribution is 7.91. The summed E-state index contributed by atoms with van der Waals surface area (Å²) >= 11 is 11.6. The number of nitrogens with one attached hydrogen (secondary N) is 1. The monoisotopic (exact) mass is 514 g/mol. The van der Waals surface area contributed by atoms with E-state index < -0.39 is 33.6 Å². The van der Waals surface area contributed by atoms with E-state index in [9.17, 15) is 18.5 Å². The van der Waals surface area contributed by atoms with Gasteiger partial charge in [0, 0.05) is 24.2 Å². The average molecular weight is 515 g/mol. The van der Waals surface area contributed by atoms with Gasteiger partial charge in [0.2, 0.25) is 10.4 Å². The third kappa shape index (κ3) is 5.29. The fourth-order valence-electron chi connectivity index (χ4n) is 3.69. The number of halogens is 3. The number of carbonyl (C=O) groups excluding carboxylic acids is 2. The van der Waals surface area contributed by atoms with E-state index in [0.29, 0.717) is 34.9 Å². The number of amides is 2. The van der Waals surface area contributed by atoms with Crippen LogP contribution in [0.15, 0.2) is 36.5 Å². The highest BCUT2D eigenvalue weighted by atomic mass is 35.5. The first kappa shape index (κ1) is 23.9. The summed E-state index contributed by atoms with van der Waals surface area (Å²) < 4.78 is 30.6. The number of carbonyl (C=O) groups is 2. The second kappa shape index (κ2) is 9.54. The molecule has 2 saturated heterocycles. The van der Waals surface area contributed by atoms with Crippen LogP contribution in [0, 0.1) is 5.82 Å². The zero-order chi connectivity index (χ0) is 23.8. The van der Waals surface area contributed by atoms with Crippen LogP contribution in [0.2, 0.25) is 0 Å². The Morgan fingerprint density at radius 2 is 2.18 bits per heavy atom. The van der Waals surface area contributed by atoms with Crippen molar-refractivity contribution in [1.82, 2.24) is 10.3 Å². The second-order valence-corrected chi connectivity index (χ2v) is 10.7. The maximum Gasteiger partial charge on any atom is 0.414 e. The number of ether oxygens (including phenoxy) is 1. The van der Waals surface area contributed by atoms with Gasteiger partial charge in [0.05, 0.1) is 25.3 Å². The van der Waals surface area contributed by atoms with Gasteiger partial charge < -0.3 is 19.5 Å². The topological polar surface area (TPSA) is 97.8 Å². The molecule has 2 aliphatic heterocycles. The molecule has 2 atom stereocenters. The summed E-state index contributed by atoms with van der Waals surface area (Å²) in [6, 6.07) is 7.82. The van der Waals surface area contributed by atoms with Crippen molar-refractivity contribution >= 4 is 57.9 Å². The fourth-order valence-corrected chi connectivity index (χ4v) is 5.84. The molecular weight excluding hydrogens is 494 g/mol. The smallest absolute Gasteiger partial charge is 0.414 e. The maximum absolute atomic E-state index is 14.9. The lowest BCUT2D eigenvalue weighted by molar-refractivity contribution is -0.119. The van der Waals surface area contributed by atoms with E-state index in [1.54, 1.807) is 29.2 Å². The van der Waals surface area contributed by atoms with Crippen LogP contribution >= 0.6 is 23.2 Å². The quantitative estimate of drug-likeness (QED) is 0.374. The zero-order valence-electron chi connectivity index (χ0n) is 17.6. The first-order valence-corrected chi connectivity index (χ1v) is 12.4. The number of nitrogens with zero attached hydrogens (tertiary/aromatic N) is 3. The molecule has 0 spiro atoms. The van der Waals surface area contributed by atoms with Gasteiger partial charge in [-0.15, -0.1) is 0 Å². The molecule has 1 aromatic carbocycles. The first-order chi connectivity index (χ1) is 15.6. The molecule has 33 heavy (non-hydrogen) atoms. The first-order valence-electron chi connectivity index (χ1n) is 10.1. The maximum atomic E-state index is 14.9. The van der Waals surface area contributed by atoms with Crippen molar-refractivity contribution in [2.45, 2.75) is 17.5 Å². The lowest BCUT2D eigenvalue weighted by atomic mass is 10.1. The normalized spacial score (nSPS) is 22.3. The summed E-state index contributed by atoms with van der Waals surface area (Å²) in [6.07, 6.45) is 0.400. The molecule has 3 heterocycles.